The van der Waals surface area contributed by atoms with E-state index in [1.165, 1.54) is 14.2 Å². The molecule has 0 amide bonds. The molecule has 0 saturated carbocycles. The Bertz CT molecular complexity index is 1350. The van der Waals surface area contributed by atoms with Gasteiger partial charge < -0.3 is 23.4 Å². The van der Waals surface area contributed by atoms with E-state index in [0.29, 0.717) is 39.5 Å². The molecule has 168 valence electrons. The number of carbonyl (C=O) groups excluding carboxylic acids is 1. The second kappa shape index (κ2) is 9.48. The van der Waals surface area contributed by atoms with Crippen molar-refractivity contribution >= 4 is 16.9 Å². The average molecular weight is 446 g/mol. The second-order valence-corrected chi connectivity index (χ2v) is 7.20. The van der Waals surface area contributed by atoms with Crippen molar-refractivity contribution in [3.8, 4) is 23.0 Å². The lowest BCUT2D eigenvalue weighted by molar-refractivity contribution is 0.0600. The van der Waals surface area contributed by atoms with Crippen LogP contribution in [0, 0.1) is 6.92 Å². The smallest absolute Gasteiger partial charge is 0.337 e. The fourth-order valence-corrected chi connectivity index (χ4v) is 3.31. The lowest BCUT2D eigenvalue weighted by Gasteiger charge is -2.12. The molecule has 33 heavy (non-hydrogen) atoms. The van der Waals surface area contributed by atoms with Crippen LogP contribution in [-0.4, -0.2) is 20.2 Å². The molecule has 0 radical (unpaired) electrons. The lowest BCUT2D eigenvalue weighted by atomic mass is 10.1. The molecule has 1 heterocycles. The van der Waals surface area contributed by atoms with E-state index >= 15 is 0 Å². The predicted molar refractivity (Wildman–Crippen MR) is 122 cm³/mol. The van der Waals surface area contributed by atoms with Crippen molar-refractivity contribution in [3.05, 3.63) is 93.8 Å². The van der Waals surface area contributed by atoms with E-state index in [4.69, 9.17) is 23.4 Å². The number of hydrogen-bond donors (Lipinski definition) is 0. The molecule has 0 bridgehead atoms. The largest absolute Gasteiger partial charge is 0.493 e. The summed E-state index contributed by atoms with van der Waals surface area (Å²) in [4.78, 5) is 24.6. The molecule has 3 aromatic carbocycles. The number of benzene rings is 3. The highest BCUT2D eigenvalue weighted by molar-refractivity contribution is 5.89. The molecule has 0 aliphatic rings. The Kier molecular flexibility index (Phi) is 6.31. The summed E-state index contributed by atoms with van der Waals surface area (Å²) in [6.07, 6.45) is 0. The molecular weight excluding hydrogens is 424 g/mol. The molecule has 0 spiro atoms. The van der Waals surface area contributed by atoms with E-state index in [2.05, 4.69) is 0 Å². The third-order valence-corrected chi connectivity index (χ3v) is 5.05. The van der Waals surface area contributed by atoms with Gasteiger partial charge in [-0.05, 0) is 48.9 Å². The summed E-state index contributed by atoms with van der Waals surface area (Å²) in [6.45, 7) is 1.95. The zero-order valence-corrected chi connectivity index (χ0v) is 18.4. The zero-order chi connectivity index (χ0) is 23.4. The van der Waals surface area contributed by atoms with Crippen molar-refractivity contribution in [1.29, 1.82) is 0 Å². The highest BCUT2D eigenvalue weighted by atomic mass is 16.5. The minimum absolute atomic E-state index is 0.103. The van der Waals surface area contributed by atoms with Crippen molar-refractivity contribution in [2.45, 2.75) is 13.5 Å². The second-order valence-electron chi connectivity index (χ2n) is 7.20. The van der Waals surface area contributed by atoms with Gasteiger partial charge in [-0.25, -0.2) is 4.79 Å². The van der Waals surface area contributed by atoms with E-state index in [9.17, 15) is 9.59 Å². The Morgan fingerprint density at radius 3 is 2.36 bits per heavy atom. The normalized spacial score (nSPS) is 10.6. The van der Waals surface area contributed by atoms with Crippen molar-refractivity contribution in [2.75, 3.05) is 14.2 Å². The number of aryl methyl sites for hydroxylation is 1. The van der Waals surface area contributed by atoms with Crippen LogP contribution in [0.1, 0.15) is 21.7 Å². The molecule has 0 atom stereocenters. The number of ether oxygens (including phenoxy) is 4. The zero-order valence-electron chi connectivity index (χ0n) is 18.4. The Hall–Kier alpha value is -4.26. The first-order chi connectivity index (χ1) is 16.0. The summed E-state index contributed by atoms with van der Waals surface area (Å²) in [6, 6.07) is 19.0. The van der Waals surface area contributed by atoms with E-state index < -0.39 is 5.97 Å². The summed E-state index contributed by atoms with van der Waals surface area (Å²) >= 11 is 0. The molecule has 4 aromatic rings. The average Bonchev–Trinajstić information content (AvgIpc) is 2.85. The minimum Gasteiger partial charge on any atom is -0.493 e. The minimum atomic E-state index is -0.392. The van der Waals surface area contributed by atoms with Gasteiger partial charge in [0.1, 0.15) is 23.7 Å². The van der Waals surface area contributed by atoms with Gasteiger partial charge >= 0.3 is 5.97 Å². The maximum Gasteiger partial charge on any atom is 0.337 e. The van der Waals surface area contributed by atoms with Crippen LogP contribution in [0.4, 0.5) is 0 Å². The monoisotopic (exact) mass is 446 g/mol. The van der Waals surface area contributed by atoms with Crippen LogP contribution in [0.3, 0.4) is 0 Å². The number of hydrogen-bond acceptors (Lipinski definition) is 7. The summed E-state index contributed by atoms with van der Waals surface area (Å²) < 4.78 is 27.5. The lowest BCUT2D eigenvalue weighted by Crippen LogP contribution is -2.08. The summed E-state index contributed by atoms with van der Waals surface area (Å²) in [5, 5.41) is 0.375. The summed E-state index contributed by atoms with van der Waals surface area (Å²) in [7, 11) is 2.87. The molecule has 7 nitrogen and oxygen atoms in total. The number of fused-ring (bicyclic) bond motifs is 1. The Labute approximate surface area is 190 Å². The molecule has 0 unspecified atom stereocenters. The molecule has 0 aliphatic carbocycles. The van der Waals surface area contributed by atoms with E-state index in [1.54, 1.807) is 67.6 Å². The Balaban J connectivity index is 1.55. The maximum atomic E-state index is 13.1. The quantitative estimate of drug-likeness (QED) is 0.358. The fourth-order valence-electron chi connectivity index (χ4n) is 3.31. The van der Waals surface area contributed by atoms with Gasteiger partial charge in [-0.15, -0.1) is 0 Å². The number of carbonyl (C=O) groups is 1. The van der Waals surface area contributed by atoms with Gasteiger partial charge in [0.25, 0.3) is 0 Å². The Morgan fingerprint density at radius 1 is 0.939 bits per heavy atom. The highest BCUT2D eigenvalue weighted by Gasteiger charge is 2.16. The number of esters is 1. The van der Waals surface area contributed by atoms with E-state index in [-0.39, 0.29) is 17.8 Å². The first-order valence-corrected chi connectivity index (χ1v) is 10.2. The molecule has 4 rings (SSSR count). The highest BCUT2D eigenvalue weighted by Crippen LogP contribution is 2.32. The number of rotatable bonds is 7. The van der Waals surface area contributed by atoms with Crippen molar-refractivity contribution < 1.29 is 28.2 Å². The summed E-state index contributed by atoms with van der Waals surface area (Å²) in [5.74, 6) is 1.53. The van der Waals surface area contributed by atoms with Crippen LogP contribution < -0.4 is 19.6 Å². The van der Waals surface area contributed by atoms with Crippen LogP contribution in [0.2, 0.25) is 0 Å². The maximum absolute atomic E-state index is 13.1. The standard InChI is InChI=1S/C26H22O7/c1-16-25(33-22-7-5-4-6-21(22)29-2)24(27)20-13-12-19(14-23(20)32-16)31-15-17-8-10-18(11-9-17)26(28)30-3/h4-14H,15H2,1-3H3. The first-order valence-electron chi connectivity index (χ1n) is 10.2. The van der Waals surface area contributed by atoms with Crippen molar-refractivity contribution in [2.24, 2.45) is 0 Å². The SMILES string of the molecule is COC(=O)c1ccc(COc2ccc3c(=O)c(Oc4ccccc4OC)c(C)oc3c2)cc1. The summed E-state index contributed by atoms with van der Waals surface area (Å²) in [5.41, 5.74) is 1.45. The van der Waals surface area contributed by atoms with E-state index in [0.717, 1.165) is 5.56 Å². The number of methoxy groups -OCH3 is 2. The van der Waals surface area contributed by atoms with Crippen LogP contribution in [-0.2, 0) is 11.3 Å². The topological polar surface area (TPSA) is 84.2 Å². The molecule has 0 saturated heterocycles. The third kappa shape index (κ3) is 4.67. The van der Waals surface area contributed by atoms with Gasteiger partial charge in [-0.2, -0.15) is 0 Å². The molecular formula is C26H22O7. The molecule has 0 aliphatic heterocycles. The van der Waals surface area contributed by atoms with Crippen molar-refractivity contribution in [3.63, 3.8) is 0 Å². The van der Waals surface area contributed by atoms with Gasteiger partial charge in [-0.3, -0.25) is 4.79 Å². The van der Waals surface area contributed by atoms with Gasteiger partial charge in [0.2, 0.25) is 11.2 Å². The van der Waals surface area contributed by atoms with Crippen LogP contribution in [0.25, 0.3) is 11.0 Å². The molecule has 0 fully saturated rings. The Morgan fingerprint density at radius 2 is 1.67 bits per heavy atom. The van der Waals surface area contributed by atoms with Gasteiger partial charge in [0.05, 0.1) is 25.2 Å². The molecule has 0 N–H and O–H groups in total. The number of para-hydroxylation sites is 2. The van der Waals surface area contributed by atoms with Crippen LogP contribution in [0.15, 0.2) is 75.9 Å². The first kappa shape index (κ1) is 22.0. The predicted octanol–water partition coefficient (Wildman–Crippen LogP) is 5.27. The van der Waals surface area contributed by atoms with Gasteiger partial charge in [0.15, 0.2) is 11.5 Å². The van der Waals surface area contributed by atoms with Crippen LogP contribution in [0.5, 0.6) is 23.0 Å². The van der Waals surface area contributed by atoms with Gasteiger partial charge in [0, 0.05) is 6.07 Å². The van der Waals surface area contributed by atoms with Crippen LogP contribution >= 0.6 is 0 Å². The van der Waals surface area contributed by atoms with Gasteiger partial charge in [-0.1, -0.05) is 24.3 Å². The fraction of sp³-hybridized carbons (Fsp3) is 0.154. The third-order valence-electron chi connectivity index (χ3n) is 5.05. The van der Waals surface area contributed by atoms with E-state index in [1.807, 2.05) is 6.07 Å². The molecule has 1 aromatic heterocycles. The molecule has 7 heteroatoms. The van der Waals surface area contributed by atoms with Crippen molar-refractivity contribution in [1.82, 2.24) is 0 Å².